The number of nitrogens with one attached hydrogen (secondary N) is 2. The summed E-state index contributed by atoms with van der Waals surface area (Å²) in [6.45, 7) is 6.38. The number of amides is 1. The van der Waals surface area contributed by atoms with E-state index < -0.39 is 0 Å². The number of aromatic nitrogens is 2. The van der Waals surface area contributed by atoms with E-state index in [0.717, 1.165) is 33.4 Å². The average molecular weight is 348 g/mol. The Labute approximate surface area is 153 Å². The quantitative estimate of drug-likeness (QED) is 0.716. The summed E-state index contributed by atoms with van der Waals surface area (Å²) in [5.41, 5.74) is 6.42. The van der Waals surface area contributed by atoms with Crippen LogP contribution in [0.2, 0.25) is 0 Å². The molecule has 26 heavy (non-hydrogen) atoms. The molecule has 5 nitrogen and oxygen atoms in total. The molecule has 0 saturated heterocycles. The van der Waals surface area contributed by atoms with Crippen molar-refractivity contribution in [3.8, 4) is 11.1 Å². The Bertz CT molecular complexity index is 1000. The summed E-state index contributed by atoms with van der Waals surface area (Å²) in [6, 6.07) is 10.8. The van der Waals surface area contributed by atoms with Crippen LogP contribution in [-0.2, 0) is 11.8 Å². The van der Waals surface area contributed by atoms with Crippen molar-refractivity contribution in [3.05, 3.63) is 42.1 Å². The van der Waals surface area contributed by atoms with Gasteiger partial charge in [-0.15, -0.1) is 0 Å². The van der Waals surface area contributed by atoms with Gasteiger partial charge in [0.2, 0.25) is 5.91 Å². The molecule has 1 aliphatic heterocycles. The molecule has 2 N–H and O–H groups in total. The van der Waals surface area contributed by atoms with Gasteiger partial charge in [-0.1, -0.05) is 19.9 Å². The second kappa shape index (κ2) is 6.16. The fraction of sp³-hybridized carbons (Fsp3) is 0.333. The SMILES string of the molecule is CC(C)c1cc2c(c(-c3ccc4c(cnn4C)c3)c1)N[C@H](C)CC(=O)N2. The van der Waals surface area contributed by atoms with Crippen molar-refractivity contribution in [1.82, 2.24) is 9.78 Å². The highest BCUT2D eigenvalue weighted by Crippen LogP contribution is 2.40. The highest BCUT2D eigenvalue weighted by atomic mass is 16.1. The van der Waals surface area contributed by atoms with Crippen LogP contribution in [0.5, 0.6) is 0 Å². The predicted molar refractivity (Wildman–Crippen MR) is 107 cm³/mol. The fourth-order valence-electron chi connectivity index (χ4n) is 3.59. The van der Waals surface area contributed by atoms with E-state index in [9.17, 15) is 4.79 Å². The highest BCUT2D eigenvalue weighted by Gasteiger charge is 2.22. The van der Waals surface area contributed by atoms with Crippen molar-refractivity contribution in [2.75, 3.05) is 10.6 Å². The zero-order chi connectivity index (χ0) is 18.4. The second-order valence-electron chi connectivity index (χ2n) is 7.49. The van der Waals surface area contributed by atoms with Gasteiger partial charge in [-0.3, -0.25) is 9.48 Å². The molecule has 0 radical (unpaired) electrons. The van der Waals surface area contributed by atoms with Crippen LogP contribution < -0.4 is 10.6 Å². The van der Waals surface area contributed by atoms with Crippen LogP contribution in [0.4, 0.5) is 11.4 Å². The zero-order valence-corrected chi connectivity index (χ0v) is 15.6. The zero-order valence-electron chi connectivity index (χ0n) is 15.6. The lowest BCUT2D eigenvalue weighted by molar-refractivity contribution is -0.116. The first-order valence-corrected chi connectivity index (χ1v) is 9.09. The van der Waals surface area contributed by atoms with E-state index >= 15 is 0 Å². The molecule has 1 aromatic heterocycles. The maximum Gasteiger partial charge on any atom is 0.226 e. The molecule has 1 aliphatic rings. The molecule has 2 aromatic carbocycles. The molecule has 1 amide bonds. The average Bonchev–Trinajstić information content (AvgIpc) is 2.88. The molecule has 4 rings (SSSR count). The summed E-state index contributed by atoms with van der Waals surface area (Å²) in [4.78, 5) is 12.2. The number of benzene rings is 2. The topological polar surface area (TPSA) is 59.0 Å². The van der Waals surface area contributed by atoms with Crippen LogP contribution in [0.3, 0.4) is 0 Å². The third-order valence-corrected chi connectivity index (χ3v) is 5.04. The lowest BCUT2D eigenvalue weighted by Crippen LogP contribution is -2.19. The molecule has 0 fully saturated rings. The molecule has 5 heteroatoms. The summed E-state index contributed by atoms with van der Waals surface area (Å²) in [5, 5.41) is 12.1. The number of fused-ring (bicyclic) bond motifs is 2. The third-order valence-electron chi connectivity index (χ3n) is 5.04. The van der Waals surface area contributed by atoms with Crippen molar-refractivity contribution in [3.63, 3.8) is 0 Å². The summed E-state index contributed by atoms with van der Waals surface area (Å²) in [7, 11) is 1.95. The van der Waals surface area contributed by atoms with Crippen LogP contribution in [0.15, 0.2) is 36.5 Å². The highest BCUT2D eigenvalue weighted by molar-refractivity contribution is 6.01. The normalized spacial score (nSPS) is 17.0. The number of hydrogen-bond donors (Lipinski definition) is 2. The molecule has 0 unspecified atom stereocenters. The Morgan fingerprint density at radius 1 is 1.23 bits per heavy atom. The molecule has 0 spiro atoms. The van der Waals surface area contributed by atoms with Gasteiger partial charge in [-0.05, 0) is 48.2 Å². The minimum atomic E-state index is 0.0540. The minimum absolute atomic E-state index is 0.0540. The summed E-state index contributed by atoms with van der Waals surface area (Å²) < 4.78 is 1.88. The van der Waals surface area contributed by atoms with Crippen molar-refractivity contribution < 1.29 is 4.79 Å². The Balaban J connectivity index is 1.94. The lowest BCUT2D eigenvalue weighted by Gasteiger charge is -2.20. The molecular weight excluding hydrogens is 324 g/mol. The van der Waals surface area contributed by atoms with Gasteiger partial charge in [0.25, 0.3) is 0 Å². The summed E-state index contributed by atoms with van der Waals surface area (Å²) in [5.74, 6) is 0.428. The van der Waals surface area contributed by atoms with Crippen LogP contribution in [0.25, 0.3) is 22.0 Å². The van der Waals surface area contributed by atoms with Crippen LogP contribution in [0, 0.1) is 0 Å². The summed E-state index contributed by atoms with van der Waals surface area (Å²) in [6.07, 6.45) is 2.36. The molecule has 0 aliphatic carbocycles. The third kappa shape index (κ3) is 2.83. The van der Waals surface area contributed by atoms with E-state index in [1.807, 2.05) is 24.9 Å². The van der Waals surface area contributed by atoms with Crippen molar-refractivity contribution in [2.24, 2.45) is 7.05 Å². The Morgan fingerprint density at radius 2 is 2.04 bits per heavy atom. The Morgan fingerprint density at radius 3 is 2.81 bits per heavy atom. The standard InChI is InChI=1S/C21H24N4O/c1-12(2)15-9-17(14-5-6-19-16(8-14)11-22-25(19)4)21-18(10-15)24-20(26)7-13(3)23-21/h5-6,8-13,23H,7H2,1-4H3,(H,24,26)/t13-/m1/s1. The van der Waals surface area contributed by atoms with E-state index in [4.69, 9.17) is 0 Å². The number of hydrogen-bond acceptors (Lipinski definition) is 3. The van der Waals surface area contributed by atoms with Gasteiger partial charge in [-0.2, -0.15) is 5.10 Å². The maximum absolute atomic E-state index is 12.2. The summed E-state index contributed by atoms with van der Waals surface area (Å²) >= 11 is 0. The van der Waals surface area contributed by atoms with Gasteiger partial charge < -0.3 is 10.6 Å². The Hall–Kier alpha value is -2.82. The van der Waals surface area contributed by atoms with E-state index in [1.54, 1.807) is 0 Å². The Kier molecular flexibility index (Phi) is 3.94. The van der Waals surface area contributed by atoms with Crippen LogP contribution >= 0.6 is 0 Å². The van der Waals surface area contributed by atoms with Crippen LogP contribution in [0.1, 0.15) is 38.7 Å². The van der Waals surface area contributed by atoms with Crippen LogP contribution in [-0.4, -0.2) is 21.7 Å². The molecule has 2 heterocycles. The lowest BCUT2D eigenvalue weighted by atomic mass is 9.94. The smallest absolute Gasteiger partial charge is 0.226 e. The number of aryl methyl sites for hydroxylation is 1. The van der Waals surface area contributed by atoms with E-state index in [0.29, 0.717) is 12.3 Å². The van der Waals surface area contributed by atoms with Crippen molar-refractivity contribution in [2.45, 2.75) is 39.2 Å². The van der Waals surface area contributed by atoms with Gasteiger partial charge in [0, 0.05) is 30.5 Å². The van der Waals surface area contributed by atoms with Crippen molar-refractivity contribution in [1.29, 1.82) is 0 Å². The van der Waals surface area contributed by atoms with E-state index in [2.05, 4.69) is 59.9 Å². The first-order valence-electron chi connectivity index (χ1n) is 9.09. The molecular formula is C21H24N4O. The molecule has 134 valence electrons. The maximum atomic E-state index is 12.2. The minimum Gasteiger partial charge on any atom is -0.380 e. The van der Waals surface area contributed by atoms with Gasteiger partial charge in [0.15, 0.2) is 0 Å². The molecule has 0 bridgehead atoms. The van der Waals surface area contributed by atoms with Gasteiger partial charge in [0.1, 0.15) is 0 Å². The first kappa shape index (κ1) is 16.6. The molecule has 0 saturated carbocycles. The number of anilines is 2. The number of rotatable bonds is 2. The van der Waals surface area contributed by atoms with E-state index in [1.165, 1.54) is 5.56 Å². The molecule has 3 aromatic rings. The fourth-order valence-corrected chi connectivity index (χ4v) is 3.59. The number of carbonyl (C=O) groups excluding carboxylic acids is 1. The molecule has 1 atom stereocenters. The van der Waals surface area contributed by atoms with Gasteiger partial charge in [-0.25, -0.2) is 0 Å². The predicted octanol–water partition coefficient (Wildman–Crippen LogP) is 4.51. The van der Waals surface area contributed by atoms with Crippen molar-refractivity contribution >= 4 is 28.2 Å². The number of carbonyl (C=O) groups is 1. The van der Waals surface area contributed by atoms with E-state index in [-0.39, 0.29) is 11.9 Å². The number of nitrogens with zero attached hydrogens (tertiary/aromatic N) is 2. The monoisotopic (exact) mass is 348 g/mol. The van der Waals surface area contributed by atoms with Gasteiger partial charge in [0.05, 0.1) is 23.1 Å². The largest absolute Gasteiger partial charge is 0.380 e. The second-order valence-corrected chi connectivity index (χ2v) is 7.49. The van der Waals surface area contributed by atoms with Gasteiger partial charge >= 0.3 is 0 Å². The first-order chi connectivity index (χ1) is 12.4.